The predicted octanol–water partition coefficient (Wildman–Crippen LogP) is 10.4. The van der Waals surface area contributed by atoms with Crippen LogP contribution in [0.2, 0.25) is 0 Å². The van der Waals surface area contributed by atoms with Gasteiger partial charge in [-0.05, 0) is 72.8 Å². The van der Waals surface area contributed by atoms with Crippen LogP contribution in [0.4, 0.5) is 0 Å². The molecule has 0 aliphatic heterocycles. The lowest BCUT2D eigenvalue weighted by Crippen LogP contribution is -2.01. The monoisotopic (exact) mass is 666 g/mol. The smallest absolute Gasteiger partial charge is 0.234 e. The molecule has 0 saturated carbocycles. The van der Waals surface area contributed by atoms with E-state index >= 15 is 0 Å². The molecule has 0 aliphatic carbocycles. The molecule has 5 aromatic heterocycles. The summed E-state index contributed by atoms with van der Waals surface area (Å²) in [5, 5.41) is 4.05. The van der Waals surface area contributed by atoms with Crippen molar-refractivity contribution in [2.75, 3.05) is 0 Å². The first-order chi connectivity index (χ1) is 24.7. The lowest BCUT2D eigenvalue weighted by molar-refractivity contribution is 0.483. The van der Waals surface area contributed by atoms with Crippen LogP contribution in [-0.2, 0) is 0 Å². The fourth-order valence-corrected chi connectivity index (χ4v) is 6.58. The Morgan fingerprint density at radius 2 is 1.02 bits per heavy atom. The number of benzene rings is 4. The van der Waals surface area contributed by atoms with E-state index < -0.39 is 0 Å². The van der Waals surface area contributed by atoms with Gasteiger partial charge in [-0.1, -0.05) is 36.4 Å². The molecule has 0 amide bonds. The van der Waals surface area contributed by atoms with Crippen molar-refractivity contribution in [3.05, 3.63) is 157 Å². The van der Waals surface area contributed by atoms with Gasteiger partial charge >= 0.3 is 0 Å². The van der Waals surface area contributed by atoms with E-state index in [0.29, 0.717) is 28.9 Å². The van der Waals surface area contributed by atoms with Crippen LogP contribution < -0.4 is 9.47 Å². The molecule has 9 heteroatoms. The Hall–Kier alpha value is -6.71. The van der Waals surface area contributed by atoms with Gasteiger partial charge in [0.05, 0.1) is 33.6 Å². The molecule has 0 unspecified atom stereocenters. The molecule has 0 atom stereocenters. The van der Waals surface area contributed by atoms with Gasteiger partial charge in [-0.3, -0.25) is 14.5 Å². The predicted molar refractivity (Wildman–Crippen MR) is 197 cm³/mol. The normalized spacial score (nSPS) is 11.2. The second kappa shape index (κ2) is 12.7. The first-order valence-electron chi connectivity index (χ1n) is 15.9. The molecule has 0 N–H and O–H groups in total. The van der Waals surface area contributed by atoms with Crippen molar-refractivity contribution in [3.8, 4) is 62.7 Å². The molecule has 9 rings (SSSR count). The standard InChI is InChI=1S/C41H26N6O2S/c1-3-17-42-36(11-1)27-7-5-9-30(19-27)48-32-13-15-34-35-16-14-33(49-31-10-6-8-28(20-31)37-12-2-4-18-43-37)22-40(35)47(39(34)21-32)41-44-23-29(24-45-41)38-25-50-26-46-38/h1-26H. The second-order valence-electron chi connectivity index (χ2n) is 11.5. The average molecular weight is 667 g/mol. The molecule has 8 nitrogen and oxygen atoms in total. The number of hydrogen-bond donors (Lipinski definition) is 0. The molecular formula is C41H26N6O2S. The lowest BCUT2D eigenvalue weighted by Gasteiger charge is -2.10. The maximum absolute atomic E-state index is 6.44. The zero-order valence-electron chi connectivity index (χ0n) is 26.4. The van der Waals surface area contributed by atoms with Crippen LogP contribution >= 0.6 is 11.3 Å². The number of hydrogen-bond acceptors (Lipinski definition) is 8. The molecule has 0 bridgehead atoms. The first kappa shape index (κ1) is 29.4. The van der Waals surface area contributed by atoms with Crippen molar-refractivity contribution >= 4 is 33.1 Å². The van der Waals surface area contributed by atoms with E-state index in [2.05, 4.69) is 27.1 Å². The van der Waals surface area contributed by atoms with Gasteiger partial charge in [0.2, 0.25) is 5.95 Å². The van der Waals surface area contributed by atoms with Gasteiger partial charge in [0.25, 0.3) is 0 Å². The third kappa shape index (κ3) is 5.72. The Labute approximate surface area is 291 Å². The Bertz CT molecular complexity index is 2450. The van der Waals surface area contributed by atoms with E-state index in [1.807, 2.05) is 132 Å². The molecule has 9 aromatic rings. The van der Waals surface area contributed by atoms with Gasteiger partial charge in [0, 0.05) is 69.8 Å². The Morgan fingerprint density at radius 3 is 1.52 bits per heavy atom. The Kier molecular flexibility index (Phi) is 7.49. The molecule has 5 heterocycles. The molecule has 0 saturated heterocycles. The second-order valence-corrected chi connectivity index (χ2v) is 12.2. The zero-order chi connectivity index (χ0) is 33.3. The molecule has 0 aliphatic rings. The van der Waals surface area contributed by atoms with Crippen molar-refractivity contribution in [2.45, 2.75) is 0 Å². The number of fused-ring (bicyclic) bond motifs is 3. The summed E-state index contributed by atoms with van der Waals surface area (Å²) in [6, 6.07) is 39.8. The van der Waals surface area contributed by atoms with Crippen LogP contribution in [0.3, 0.4) is 0 Å². The molecule has 4 aromatic carbocycles. The van der Waals surface area contributed by atoms with Crippen molar-refractivity contribution in [3.63, 3.8) is 0 Å². The van der Waals surface area contributed by atoms with Gasteiger partial charge in [-0.25, -0.2) is 15.0 Å². The maximum atomic E-state index is 6.44. The van der Waals surface area contributed by atoms with Gasteiger partial charge < -0.3 is 9.47 Å². The van der Waals surface area contributed by atoms with E-state index in [-0.39, 0.29) is 0 Å². The number of thiazole rings is 1. The first-order valence-corrected chi connectivity index (χ1v) is 16.9. The molecule has 0 radical (unpaired) electrons. The summed E-state index contributed by atoms with van der Waals surface area (Å²) in [5.74, 6) is 3.31. The maximum Gasteiger partial charge on any atom is 0.234 e. The summed E-state index contributed by atoms with van der Waals surface area (Å²) in [4.78, 5) is 23.0. The third-order valence-corrected chi connectivity index (χ3v) is 8.92. The van der Waals surface area contributed by atoms with Crippen molar-refractivity contribution in [1.82, 2.24) is 29.5 Å². The minimum Gasteiger partial charge on any atom is -0.457 e. The number of aromatic nitrogens is 6. The third-order valence-electron chi connectivity index (χ3n) is 8.34. The van der Waals surface area contributed by atoms with E-state index in [1.54, 1.807) is 17.9 Å². The molecular weight excluding hydrogens is 641 g/mol. The summed E-state index contributed by atoms with van der Waals surface area (Å²) in [7, 11) is 0. The summed E-state index contributed by atoms with van der Waals surface area (Å²) >= 11 is 1.54. The topological polar surface area (TPSA) is 87.8 Å². The van der Waals surface area contributed by atoms with Gasteiger partial charge in [0.15, 0.2) is 0 Å². The molecule has 0 spiro atoms. The fraction of sp³-hybridized carbons (Fsp3) is 0. The summed E-state index contributed by atoms with van der Waals surface area (Å²) in [5.41, 5.74) is 9.01. The molecule has 238 valence electrons. The van der Waals surface area contributed by atoms with Crippen LogP contribution in [0.1, 0.15) is 0 Å². The highest BCUT2D eigenvalue weighted by atomic mass is 32.1. The molecule has 50 heavy (non-hydrogen) atoms. The van der Waals surface area contributed by atoms with Crippen molar-refractivity contribution in [2.24, 2.45) is 0 Å². The molecule has 0 fully saturated rings. The highest BCUT2D eigenvalue weighted by molar-refractivity contribution is 7.07. The van der Waals surface area contributed by atoms with E-state index in [1.165, 1.54) is 11.3 Å². The minimum absolute atomic E-state index is 0.521. The van der Waals surface area contributed by atoms with Gasteiger partial charge in [-0.2, -0.15) is 0 Å². The highest BCUT2D eigenvalue weighted by Gasteiger charge is 2.17. The Morgan fingerprint density at radius 1 is 0.460 bits per heavy atom. The van der Waals surface area contributed by atoms with Crippen LogP contribution in [0.5, 0.6) is 23.0 Å². The highest BCUT2D eigenvalue weighted by Crippen LogP contribution is 2.38. The minimum atomic E-state index is 0.521. The largest absolute Gasteiger partial charge is 0.457 e. The lowest BCUT2D eigenvalue weighted by atomic mass is 10.1. The van der Waals surface area contributed by atoms with Crippen LogP contribution in [-0.4, -0.2) is 29.5 Å². The number of ether oxygens (including phenoxy) is 2. The summed E-state index contributed by atoms with van der Waals surface area (Å²) in [6.45, 7) is 0. The zero-order valence-corrected chi connectivity index (χ0v) is 27.2. The van der Waals surface area contributed by atoms with Gasteiger partial charge in [-0.15, -0.1) is 11.3 Å². The number of rotatable bonds is 8. The van der Waals surface area contributed by atoms with E-state index in [4.69, 9.17) is 19.4 Å². The number of nitrogens with zero attached hydrogens (tertiary/aromatic N) is 6. The van der Waals surface area contributed by atoms with Crippen LogP contribution in [0.15, 0.2) is 157 Å². The fourth-order valence-electron chi connectivity index (χ4n) is 6.02. The van der Waals surface area contributed by atoms with Crippen molar-refractivity contribution < 1.29 is 9.47 Å². The van der Waals surface area contributed by atoms with Gasteiger partial charge in [0.1, 0.15) is 23.0 Å². The Balaban J connectivity index is 1.13. The SMILES string of the molecule is c1ccc(-c2cccc(Oc3ccc4c5ccc(Oc6cccc(-c7ccccn7)c6)cc5n(-c5ncc(-c6cscn6)cn5)c4c3)c2)nc1. The van der Waals surface area contributed by atoms with Crippen LogP contribution in [0, 0.1) is 0 Å². The van der Waals surface area contributed by atoms with E-state index in [0.717, 1.165) is 55.6 Å². The average Bonchev–Trinajstić information content (AvgIpc) is 3.83. The van der Waals surface area contributed by atoms with Crippen LogP contribution in [0.25, 0.3) is 61.5 Å². The summed E-state index contributed by atoms with van der Waals surface area (Å²) in [6.07, 6.45) is 7.19. The summed E-state index contributed by atoms with van der Waals surface area (Å²) < 4.78 is 14.9. The van der Waals surface area contributed by atoms with Crippen molar-refractivity contribution in [1.29, 1.82) is 0 Å². The number of pyridine rings is 2. The quantitative estimate of drug-likeness (QED) is 0.159. The van der Waals surface area contributed by atoms with E-state index in [9.17, 15) is 0 Å².